The van der Waals surface area contributed by atoms with E-state index in [-0.39, 0.29) is 22.6 Å². The Labute approximate surface area is 169 Å². The van der Waals surface area contributed by atoms with Gasteiger partial charge in [0.15, 0.2) is 0 Å². The van der Waals surface area contributed by atoms with Crippen LogP contribution < -0.4 is 10.3 Å². The largest absolute Gasteiger partial charge is 0.477 e. The Morgan fingerprint density at radius 2 is 2.00 bits per heavy atom. The summed E-state index contributed by atoms with van der Waals surface area (Å²) >= 11 is 0. The van der Waals surface area contributed by atoms with Crippen molar-refractivity contribution < 1.29 is 14.3 Å². The van der Waals surface area contributed by atoms with Crippen molar-refractivity contribution in [2.45, 2.75) is 45.2 Å². The molecule has 2 aromatic rings. The molecule has 1 aromatic carbocycles. The third-order valence-electron chi connectivity index (χ3n) is 6.71. The first-order chi connectivity index (χ1) is 13.7. The molecule has 2 aliphatic rings. The van der Waals surface area contributed by atoms with Crippen molar-refractivity contribution in [1.82, 2.24) is 9.47 Å². The van der Waals surface area contributed by atoms with Crippen LogP contribution >= 0.6 is 0 Å². The first-order valence-electron chi connectivity index (χ1n) is 10.2. The Balaban J connectivity index is 1.85. The monoisotopic (exact) mass is 401 g/mol. The molecular formula is C22H28FN3O3. The van der Waals surface area contributed by atoms with E-state index in [0.717, 1.165) is 32.4 Å². The van der Waals surface area contributed by atoms with Gasteiger partial charge in [-0.05, 0) is 59.2 Å². The molecule has 4 rings (SSSR count). The van der Waals surface area contributed by atoms with Crippen LogP contribution in [-0.4, -0.2) is 53.8 Å². The summed E-state index contributed by atoms with van der Waals surface area (Å²) in [6.45, 7) is 5.31. The zero-order chi connectivity index (χ0) is 21.0. The number of nitrogens with zero attached hydrogens (tertiary/aromatic N) is 3. The third kappa shape index (κ3) is 3.31. The SMILES string of the molecule is Cc1c(F)c(N2CCC(C(C)N(C)C)C2)cc2c1c(=O)c(C(=O)O)cn2C1CC1. The third-order valence-corrected chi connectivity index (χ3v) is 6.71. The van der Waals surface area contributed by atoms with Gasteiger partial charge in [-0.15, -0.1) is 0 Å². The number of carbonyl (C=O) groups is 1. The molecule has 0 amide bonds. The quantitative estimate of drug-likeness (QED) is 0.833. The Kier molecular flexibility index (Phi) is 4.89. The van der Waals surface area contributed by atoms with Gasteiger partial charge in [0.2, 0.25) is 5.43 Å². The number of pyridine rings is 1. The smallest absolute Gasteiger partial charge is 0.341 e. The van der Waals surface area contributed by atoms with Crippen molar-refractivity contribution in [1.29, 1.82) is 0 Å². The minimum atomic E-state index is -1.27. The highest BCUT2D eigenvalue weighted by atomic mass is 19.1. The van der Waals surface area contributed by atoms with E-state index >= 15 is 4.39 Å². The Bertz CT molecular complexity index is 1040. The van der Waals surface area contributed by atoms with Gasteiger partial charge in [0.05, 0.1) is 16.6 Å². The van der Waals surface area contributed by atoms with Crippen molar-refractivity contribution in [2.75, 3.05) is 32.1 Å². The molecule has 6 nitrogen and oxygen atoms in total. The van der Waals surface area contributed by atoms with Gasteiger partial charge in [0.25, 0.3) is 0 Å². The van der Waals surface area contributed by atoms with Crippen molar-refractivity contribution in [3.05, 3.63) is 39.4 Å². The van der Waals surface area contributed by atoms with E-state index in [1.807, 2.05) is 4.57 Å². The van der Waals surface area contributed by atoms with E-state index in [4.69, 9.17) is 0 Å². The van der Waals surface area contributed by atoms with Crippen molar-refractivity contribution in [3.8, 4) is 0 Å². The number of hydrogen-bond acceptors (Lipinski definition) is 4. The van der Waals surface area contributed by atoms with Crippen LogP contribution in [0.2, 0.25) is 0 Å². The molecule has 1 N–H and O–H groups in total. The number of aromatic carboxylic acids is 1. The normalized spacial score (nSPS) is 20.6. The zero-order valence-electron chi connectivity index (χ0n) is 17.4. The van der Waals surface area contributed by atoms with Crippen LogP contribution in [0.3, 0.4) is 0 Å². The van der Waals surface area contributed by atoms with E-state index in [1.165, 1.54) is 6.20 Å². The lowest BCUT2D eigenvalue weighted by atomic mass is 10.00. The van der Waals surface area contributed by atoms with Crippen LogP contribution in [0.4, 0.5) is 10.1 Å². The van der Waals surface area contributed by atoms with E-state index in [0.29, 0.717) is 23.2 Å². The average Bonchev–Trinajstić information content (AvgIpc) is 3.39. The number of carboxylic acids is 1. The topological polar surface area (TPSA) is 65.8 Å². The summed E-state index contributed by atoms with van der Waals surface area (Å²) in [6.07, 6.45) is 4.31. The molecule has 2 unspecified atom stereocenters. The lowest BCUT2D eigenvalue weighted by molar-refractivity contribution is 0.0695. The highest BCUT2D eigenvalue weighted by molar-refractivity contribution is 5.95. The summed E-state index contributed by atoms with van der Waals surface area (Å²) in [6, 6.07) is 2.33. The Morgan fingerprint density at radius 1 is 1.31 bits per heavy atom. The molecule has 1 saturated carbocycles. The summed E-state index contributed by atoms with van der Waals surface area (Å²) in [5, 5.41) is 9.64. The second-order valence-electron chi connectivity index (χ2n) is 8.74. The fourth-order valence-electron chi connectivity index (χ4n) is 4.51. The maximum absolute atomic E-state index is 15.4. The highest BCUT2D eigenvalue weighted by Gasteiger charge is 2.32. The predicted octanol–water partition coefficient (Wildman–Crippen LogP) is 3.26. The van der Waals surface area contributed by atoms with Gasteiger partial charge >= 0.3 is 5.97 Å². The Morgan fingerprint density at radius 3 is 2.59 bits per heavy atom. The zero-order valence-corrected chi connectivity index (χ0v) is 17.4. The fraction of sp³-hybridized carbons (Fsp3) is 0.545. The highest BCUT2D eigenvalue weighted by Crippen LogP contribution is 2.40. The van der Waals surface area contributed by atoms with E-state index in [1.54, 1.807) is 13.0 Å². The van der Waals surface area contributed by atoms with Gasteiger partial charge in [-0.1, -0.05) is 0 Å². The Hall–Kier alpha value is -2.41. The molecule has 156 valence electrons. The summed E-state index contributed by atoms with van der Waals surface area (Å²) in [4.78, 5) is 28.6. The molecule has 2 heterocycles. The van der Waals surface area contributed by atoms with Crippen molar-refractivity contribution in [2.24, 2.45) is 5.92 Å². The minimum Gasteiger partial charge on any atom is -0.477 e. The fourth-order valence-corrected chi connectivity index (χ4v) is 4.51. The summed E-state index contributed by atoms with van der Waals surface area (Å²) < 4.78 is 17.3. The molecular weight excluding hydrogens is 373 g/mol. The van der Waals surface area contributed by atoms with Gasteiger partial charge < -0.3 is 19.5 Å². The first-order valence-corrected chi connectivity index (χ1v) is 10.2. The lowest BCUT2D eigenvalue weighted by Crippen LogP contribution is -2.34. The molecule has 1 saturated heterocycles. The molecule has 2 atom stereocenters. The molecule has 0 bridgehead atoms. The van der Waals surface area contributed by atoms with Crippen LogP contribution in [0.5, 0.6) is 0 Å². The van der Waals surface area contributed by atoms with E-state index in [2.05, 4.69) is 30.8 Å². The van der Waals surface area contributed by atoms with Gasteiger partial charge in [-0.25, -0.2) is 9.18 Å². The van der Waals surface area contributed by atoms with Crippen LogP contribution in [0.15, 0.2) is 17.1 Å². The number of anilines is 1. The minimum absolute atomic E-state index is 0.175. The number of halogens is 1. The number of aromatic nitrogens is 1. The molecule has 0 radical (unpaired) electrons. The van der Waals surface area contributed by atoms with Gasteiger partial charge in [-0.3, -0.25) is 4.79 Å². The summed E-state index contributed by atoms with van der Waals surface area (Å²) in [5.74, 6) is -1.24. The second kappa shape index (κ2) is 7.13. The number of fused-ring (bicyclic) bond motifs is 1. The molecule has 1 aromatic heterocycles. The maximum Gasteiger partial charge on any atom is 0.341 e. The number of carboxylic acid groups (broad SMARTS) is 1. The van der Waals surface area contributed by atoms with Crippen molar-refractivity contribution in [3.63, 3.8) is 0 Å². The molecule has 0 spiro atoms. The molecule has 29 heavy (non-hydrogen) atoms. The molecule has 1 aliphatic heterocycles. The van der Waals surface area contributed by atoms with Gasteiger partial charge in [-0.2, -0.15) is 0 Å². The maximum atomic E-state index is 15.4. The molecule has 1 aliphatic carbocycles. The predicted molar refractivity (Wildman–Crippen MR) is 112 cm³/mol. The van der Waals surface area contributed by atoms with Crippen LogP contribution in [0.25, 0.3) is 10.9 Å². The standard InChI is InChI=1S/C22H28FN3O3/c1-12-19-17(26(15-5-6-15)11-16(21(19)27)22(28)29)9-18(20(12)23)25-8-7-14(10-25)13(2)24(3)4/h9,11,13-15H,5-8,10H2,1-4H3,(H,28,29). The number of rotatable bonds is 5. The summed E-state index contributed by atoms with van der Waals surface area (Å²) in [7, 11) is 4.12. The molecule has 2 fully saturated rings. The first kappa shape index (κ1) is 19.9. The van der Waals surface area contributed by atoms with Crippen LogP contribution in [-0.2, 0) is 0 Å². The van der Waals surface area contributed by atoms with Crippen molar-refractivity contribution >= 4 is 22.6 Å². The second-order valence-corrected chi connectivity index (χ2v) is 8.74. The van der Waals surface area contributed by atoms with Gasteiger partial charge in [0, 0.05) is 36.9 Å². The number of benzene rings is 1. The van der Waals surface area contributed by atoms with E-state index in [9.17, 15) is 14.7 Å². The average molecular weight is 401 g/mol. The van der Waals surface area contributed by atoms with Crippen LogP contribution in [0, 0.1) is 18.7 Å². The molecule has 7 heteroatoms. The lowest BCUT2D eigenvalue weighted by Gasteiger charge is -2.27. The van der Waals surface area contributed by atoms with Crippen LogP contribution in [0.1, 0.15) is 48.1 Å². The van der Waals surface area contributed by atoms with E-state index < -0.39 is 17.2 Å². The number of hydrogen-bond donors (Lipinski definition) is 1. The number of aryl methyl sites for hydroxylation is 1. The van der Waals surface area contributed by atoms with Gasteiger partial charge in [0.1, 0.15) is 11.4 Å². The summed E-state index contributed by atoms with van der Waals surface area (Å²) in [5.41, 5.74) is 0.499.